The maximum absolute atomic E-state index is 13.2. The Labute approximate surface area is 112 Å². The Balaban J connectivity index is 1.67. The number of nitrogens with one attached hydrogen (secondary N) is 1. The second-order valence-electron chi connectivity index (χ2n) is 5.88. The lowest BCUT2D eigenvalue weighted by Crippen LogP contribution is -2.55. The first-order valence-corrected chi connectivity index (χ1v) is 7.05. The van der Waals surface area contributed by atoms with E-state index in [9.17, 15) is 8.78 Å². The molecule has 0 radical (unpaired) electrons. The summed E-state index contributed by atoms with van der Waals surface area (Å²) in [4.78, 5) is 2.37. The molecule has 1 aliphatic heterocycles. The van der Waals surface area contributed by atoms with Crippen molar-refractivity contribution >= 4 is 0 Å². The highest BCUT2D eigenvalue weighted by Gasteiger charge is 2.35. The van der Waals surface area contributed by atoms with Gasteiger partial charge >= 0.3 is 0 Å². The minimum absolute atomic E-state index is 0.433. The van der Waals surface area contributed by atoms with Crippen molar-refractivity contribution in [3.05, 3.63) is 35.4 Å². The van der Waals surface area contributed by atoms with E-state index in [0.717, 1.165) is 24.6 Å². The van der Waals surface area contributed by atoms with Crippen LogP contribution in [-0.4, -0.2) is 30.1 Å². The van der Waals surface area contributed by atoms with E-state index in [1.807, 2.05) is 0 Å². The van der Waals surface area contributed by atoms with Crippen molar-refractivity contribution in [3.8, 4) is 0 Å². The van der Waals surface area contributed by atoms with Crippen molar-refractivity contribution in [2.24, 2.45) is 5.92 Å². The first kappa shape index (κ1) is 13.0. The largest absolute Gasteiger partial charge is 0.311 e. The molecule has 1 heterocycles. The minimum atomic E-state index is -0.770. The van der Waals surface area contributed by atoms with Gasteiger partial charge in [0.15, 0.2) is 11.6 Å². The maximum atomic E-state index is 13.2. The summed E-state index contributed by atoms with van der Waals surface area (Å²) in [6, 6.07) is 5.22. The first-order chi connectivity index (χ1) is 9.13. The van der Waals surface area contributed by atoms with Gasteiger partial charge in [0.05, 0.1) is 0 Å². The molecule has 1 aliphatic carbocycles. The Morgan fingerprint density at radius 1 is 1.26 bits per heavy atom. The monoisotopic (exact) mass is 266 g/mol. The molecule has 0 bridgehead atoms. The summed E-state index contributed by atoms with van der Waals surface area (Å²) in [7, 11) is 0. The molecule has 1 N–H and O–H groups in total. The second kappa shape index (κ2) is 5.17. The van der Waals surface area contributed by atoms with Gasteiger partial charge in [-0.15, -0.1) is 0 Å². The third kappa shape index (κ3) is 2.95. The normalized spacial score (nSPS) is 28.6. The molecule has 1 saturated heterocycles. The number of hydrogen-bond acceptors (Lipinski definition) is 2. The molecule has 2 nitrogen and oxygen atoms in total. The molecule has 19 heavy (non-hydrogen) atoms. The lowest BCUT2D eigenvalue weighted by molar-refractivity contribution is 0.125. The predicted molar refractivity (Wildman–Crippen MR) is 70.7 cm³/mol. The van der Waals surface area contributed by atoms with Crippen LogP contribution in [0.25, 0.3) is 0 Å². The van der Waals surface area contributed by atoms with Gasteiger partial charge in [-0.25, -0.2) is 8.78 Å². The maximum Gasteiger partial charge on any atom is 0.159 e. The van der Waals surface area contributed by atoms with Gasteiger partial charge in [-0.2, -0.15) is 0 Å². The molecule has 4 heteroatoms. The highest BCUT2D eigenvalue weighted by Crippen LogP contribution is 2.34. The van der Waals surface area contributed by atoms with Gasteiger partial charge in [-0.1, -0.05) is 6.07 Å². The van der Waals surface area contributed by atoms with Crippen LogP contribution in [-0.2, 0) is 6.54 Å². The van der Waals surface area contributed by atoms with E-state index < -0.39 is 11.6 Å². The molecule has 0 spiro atoms. The van der Waals surface area contributed by atoms with E-state index in [4.69, 9.17) is 0 Å². The molecule has 3 rings (SSSR count). The Morgan fingerprint density at radius 2 is 2.05 bits per heavy atom. The lowest BCUT2D eigenvalue weighted by Gasteiger charge is -2.39. The van der Waals surface area contributed by atoms with Crippen LogP contribution >= 0.6 is 0 Å². The van der Waals surface area contributed by atoms with Crippen molar-refractivity contribution in [3.63, 3.8) is 0 Å². The van der Waals surface area contributed by atoms with Gasteiger partial charge in [0.25, 0.3) is 0 Å². The standard InChI is InChI=1S/C15H20F2N2/c1-10-7-18-15(12-3-4-12)9-19(10)8-11-2-5-13(16)14(17)6-11/h2,5-6,10,12,15,18H,3-4,7-9H2,1H3. The van der Waals surface area contributed by atoms with Gasteiger partial charge in [-0.3, -0.25) is 4.90 Å². The Kier molecular flexibility index (Phi) is 3.54. The van der Waals surface area contributed by atoms with Crippen LogP contribution in [0.1, 0.15) is 25.3 Å². The summed E-state index contributed by atoms with van der Waals surface area (Å²) in [5, 5.41) is 3.59. The van der Waals surface area contributed by atoms with Crippen LogP contribution in [0, 0.1) is 17.6 Å². The summed E-state index contributed by atoms with van der Waals surface area (Å²) >= 11 is 0. The fourth-order valence-corrected chi connectivity index (χ4v) is 2.86. The second-order valence-corrected chi connectivity index (χ2v) is 5.88. The average Bonchev–Trinajstić information content (AvgIpc) is 3.21. The number of hydrogen-bond donors (Lipinski definition) is 1. The van der Waals surface area contributed by atoms with Crippen LogP contribution in [0.5, 0.6) is 0 Å². The molecule has 0 aromatic heterocycles. The molecular formula is C15H20F2N2. The Bertz CT molecular complexity index is 459. The van der Waals surface area contributed by atoms with Crippen molar-refractivity contribution in [1.29, 1.82) is 0 Å². The summed E-state index contributed by atoms with van der Waals surface area (Å²) in [5.41, 5.74) is 0.849. The molecule has 2 unspecified atom stereocenters. The molecular weight excluding hydrogens is 246 g/mol. The Hall–Kier alpha value is -1.00. The summed E-state index contributed by atoms with van der Waals surface area (Å²) in [5.74, 6) is -0.702. The van der Waals surface area contributed by atoms with E-state index in [-0.39, 0.29) is 0 Å². The minimum Gasteiger partial charge on any atom is -0.311 e. The van der Waals surface area contributed by atoms with Gasteiger partial charge in [-0.05, 0) is 43.4 Å². The van der Waals surface area contributed by atoms with E-state index in [1.165, 1.54) is 25.0 Å². The third-order valence-corrected chi connectivity index (χ3v) is 4.29. The van der Waals surface area contributed by atoms with Crippen molar-refractivity contribution in [2.45, 2.75) is 38.4 Å². The number of rotatable bonds is 3. The first-order valence-electron chi connectivity index (χ1n) is 7.05. The van der Waals surface area contributed by atoms with Crippen LogP contribution in [0.3, 0.4) is 0 Å². The molecule has 2 fully saturated rings. The number of piperazine rings is 1. The zero-order valence-electron chi connectivity index (χ0n) is 11.2. The van der Waals surface area contributed by atoms with Gasteiger partial charge in [0, 0.05) is 31.7 Å². The number of halogens is 2. The smallest absolute Gasteiger partial charge is 0.159 e. The van der Waals surface area contributed by atoms with E-state index in [1.54, 1.807) is 6.07 Å². The highest BCUT2D eigenvalue weighted by molar-refractivity contribution is 5.18. The summed E-state index contributed by atoms with van der Waals surface area (Å²) < 4.78 is 26.2. The highest BCUT2D eigenvalue weighted by atomic mass is 19.2. The fourth-order valence-electron chi connectivity index (χ4n) is 2.86. The number of nitrogens with zero attached hydrogens (tertiary/aromatic N) is 1. The lowest BCUT2D eigenvalue weighted by atomic mass is 10.0. The molecule has 104 valence electrons. The van der Waals surface area contributed by atoms with Crippen LogP contribution in [0.2, 0.25) is 0 Å². The number of benzene rings is 1. The molecule has 1 aromatic carbocycles. The van der Waals surface area contributed by atoms with E-state index in [2.05, 4.69) is 17.1 Å². The zero-order valence-corrected chi connectivity index (χ0v) is 11.2. The SMILES string of the molecule is CC1CNC(C2CC2)CN1Cc1ccc(F)c(F)c1. The predicted octanol–water partition coefficient (Wildman–Crippen LogP) is 2.54. The molecule has 2 atom stereocenters. The fraction of sp³-hybridized carbons (Fsp3) is 0.600. The molecule has 1 aromatic rings. The van der Waals surface area contributed by atoms with E-state index >= 15 is 0 Å². The molecule has 1 saturated carbocycles. The van der Waals surface area contributed by atoms with Gasteiger partial charge in [0.2, 0.25) is 0 Å². The van der Waals surface area contributed by atoms with Crippen LogP contribution in [0.15, 0.2) is 18.2 Å². The molecule has 0 amide bonds. The topological polar surface area (TPSA) is 15.3 Å². The molecule has 2 aliphatic rings. The van der Waals surface area contributed by atoms with Crippen molar-refractivity contribution in [2.75, 3.05) is 13.1 Å². The van der Waals surface area contributed by atoms with Gasteiger partial charge < -0.3 is 5.32 Å². The quantitative estimate of drug-likeness (QED) is 0.904. The van der Waals surface area contributed by atoms with Crippen molar-refractivity contribution in [1.82, 2.24) is 10.2 Å². The zero-order chi connectivity index (χ0) is 13.4. The van der Waals surface area contributed by atoms with Crippen LogP contribution < -0.4 is 5.32 Å². The average molecular weight is 266 g/mol. The van der Waals surface area contributed by atoms with Gasteiger partial charge in [0.1, 0.15) is 0 Å². The van der Waals surface area contributed by atoms with E-state index in [0.29, 0.717) is 18.6 Å². The summed E-state index contributed by atoms with van der Waals surface area (Å²) in [6.45, 7) is 4.86. The van der Waals surface area contributed by atoms with Crippen molar-refractivity contribution < 1.29 is 8.78 Å². The van der Waals surface area contributed by atoms with Crippen LogP contribution in [0.4, 0.5) is 8.78 Å². The summed E-state index contributed by atoms with van der Waals surface area (Å²) in [6.07, 6.45) is 2.65. The third-order valence-electron chi connectivity index (χ3n) is 4.29. The Morgan fingerprint density at radius 3 is 2.74 bits per heavy atom.